The van der Waals surface area contributed by atoms with Gasteiger partial charge in [0.05, 0.1) is 0 Å². The van der Waals surface area contributed by atoms with Crippen LogP contribution in [0.1, 0.15) is 12.5 Å². The second-order valence-electron chi connectivity index (χ2n) is 4.10. The summed E-state index contributed by atoms with van der Waals surface area (Å²) in [4.78, 5) is 25.8. The fraction of sp³-hybridized carbons (Fsp3) is 0.364. The lowest BCUT2D eigenvalue weighted by molar-refractivity contribution is -0.203. The fourth-order valence-electron chi connectivity index (χ4n) is 1.20. The normalized spacial score (nSPS) is 14.2. The summed E-state index contributed by atoms with van der Waals surface area (Å²) in [6, 6.07) is 1.95. The molecule has 0 spiro atoms. The first-order valence-corrected chi connectivity index (χ1v) is 5.42. The Balaban J connectivity index is 2.67. The SMILES string of the molecule is CC(NC(=O)NCc1cccnc1)(C(=O)O)C(F)(F)F. The maximum absolute atomic E-state index is 12.6. The average molecular weight is 291 g/mol. The number of hydrogen-bond acceptors (Lipinski definition) is 3. The predicted molar refractivity (Wildman–Crippen MR) is 61.7 cm³/mol. The van der Waals surface area contributed by atoms with Gasteiger partial charge in [-0.3, -0.25) is 4.98 Å². The molecule has 0 saturated carbocycles. The molecular formula is C11H12F3N3O3. The molecule has 0 saturated heterocycles. The van der Waals surface area contributed by atoms with Crippen molar-refractivity contribution in [2.75, 3.05) is 0 Å². The number of carboxylic acids is 1. The van der Waals surface area contributed by atoms with Crippen LogP contribution in [0.4, 0.5) is 18.0 Å². The minimum absolute atomic E-state index is 0.0762. The zero-order valence-corrected chi connectivity index (χ0v) is 10.4. The summed E-state index contributed by atoms with van der Waals surface area (Å²) in [7, 11) is 0. The van der Waals surface area contributed by atoms with Crippen molar-refractivity contribution in [3.63, 3.8) is 0 Å². The Bertz CT molecular complexity index is 493. The highest BCUT2D eigenvalue weighted by molar-refractivity contribution is 5.86. The molecule has 1 unspecified atom stereocenters. The van der Waals surface area contributed by atoms with Crippen LogP contribution in [0, 0.1) is 0 Å². The molecule has 2 amide bonds. The molecule has 1 aromatic rings. The van der Waals surface area contributed by atoms with Crippen LogP contribution in [-0.4, -0.2) is 33.8 Å². The molecule has 1 atom stereocenters. The van der Waals surface area contributed by atoms with Crippen molar-refractivity contribution in [2.24, 2.45) is 0 Å². The number of pyridine rings is 1. The third-order valence-electron chi connectivity index (χ3n) is 2.53. The van der Waals surface area contributed by atoms with Crippen LogP contribution in [0.15, 0.2) is 24.5 Å². The molecule has 0 aromatic carbocycles. The summed E-state index contributed by atoms with van der Waals surface area (Å²) in [5.74, 6) is -2.19. The molecule has 9 heteroatoms. The summed E-state index contributed by atoms with van der Waals surface area (Å²) in [6.07, 6.45) is -2.21. The number of nitrogens with zero attached hydrogens (tertiary/aromatic N) is 1. The summed E-state index contributed by atoms with van der Waals surface area (Å²) >= 11 is 0. The number of carbonyl (C=O) groups is 2. The first kappa shape index (κ1) is 15.7. The van der Waals surface area contributed by atoms with Crippen molar-refractivity contribution in [1.29, 1.82) is 0 Å². The molecular weight excluding hydrogens is 279 g/mol. The van der Waals surface area contributed by atoms with E-state index in [0.29, 0.717) is 12.5 Å². The second-order valence-corrected chi connectivity index (χ2v) is 4.10. The number of urea groups is 1. The van der Waals surface area contributed by atoms with Gasteiger partial charge in [0, 0.05) is 18.9 Å². The number of carboxylic acid groups (broad SMARTS) is 1. The molecule has 0 aliphatic heterocycles. The maximum atomic E-state index is 12.6. The lowest BCUT2D eigenvalue weighted by Gasteiger charge is -2.28. The second kappa shape index (κ2) is 5.76. The molecule has 110 valence electrons. The Kier molecular flexibility index (Phi) is 4.53. The average Bonchev–Trinajstić information content (AvgIpc) is 2.36. The highest BCUT2D eigenvalue weighted by atomic mass is 19.4. The van der Waals surface area contributed by atoms with E-state index in [2.05, 4.69) is 10.3 Å². The van der Waals surface area contributed by atoms with Gasteiger partial charge in [0.25, 0.3) is 0 Å². The first-order valence-electron chi connectivity index (χ1n) is 5.42. The van der Waals surface area contributed by atoms with Crippen molar-refractivity contribution in [1.82, 2.24) is 15.6 Å². The summed E-state index contributed by atoms with van der Waals surface area (Å²) in [5.41, 5.74) is -2.79. The van der Waals surface area contributed by atoms with E-state index in [0.717, 1.165) is 0 Å². The number of aliphatic carboxylic acids is 1. The molecule has 20 heavy (non-hydrogen) atoms. The van der Waals surface area contributed by atoms with Gasteiger partial charge in [-0.25, -0.2) is 9.59 Å². The van der Waals surface area contributed by atoms with Gasteiger partial charge in [0.15, 0.2) is 0 Å². The third kappa shape index (κ3) is 3.59. The van der Waals surface area contributed by atoms with Gasteiger partial charge in [-0.05, 0) is 18.6 Å². The number of amides is 2. The lowest BCUT2D eigenvalue weighted by atomic mass is 10.0. The molecule has 3 N–H and O–H groups in total. The molecule has 0 aliphatic carbocycles. The van der Waals surface area contributed by atoms with Gasteiger partial charge in [0.2, 0.25) is 5.54 Å². The van der Waals surface area contributed by atoms with E-state index in [1.807, 2.05) is 0 Å². The van der Waals surface area contributed by atoms with Gasteiger partial charge < -0.3 is 15.7 Å². The lowest BCUT2D eigenvalue weighted by Crippen LogP contribution is -2.63. The van der Waals surface area contributed by atoms with Crippen LogP contribution in [0.2, 0.25) is 0 Å². The topological polar surface area (TPSA) is 91.3 Å². The molecule has 0 bridgehead atoms. The van der Waals surface area contributed by atoms with E-state index >= 15 is 0 Å². The third-order valence-corrected chi connectivity index (χ3v) is 2.53. The molecule has 1 heterocycles. The zero-order valence-electron chi connectivity index (χ0n) is 10.4. The fourth-order valence-corrected chi connectivity index (χ4v) is 1.20. The van der Waals surface area contributed by atoms with E-state index in [1.54, 1.807) is 12.1 Å². The van der Waals surface area contributed by atoms with Crippen molar-refractivity contribution < 1.29 is 27.9 Å². The van der Waals surface area contributed by atoms with Gasteiger partial charge in [-0.1, -0.05) is 6.07 Å². The Morgan fingerprint density at radius 2 is 2.05 bits per heavy atom. The van der Waals surface area contributed by atoms with Crippen LogP contribution >= 0.6 is 0 Å². The van der Waals surface area contributed by atoms with Crippen molar-refractivity contribution in [3.8, 4) is 0 Å². The minimum atomic E-state index is -5.12. The number of nitrogens with one attached hydrogen (secondary N) is 2. The van der Waals surface area contributed by atoms with Crippen LogP contribution in [0.5, 0.6) is 0 Å². The molecule has 1 rings (SSSR count). The van der Waals surface area contributed by atoms with Crippen molar-refractivity contribution in [3.05, 3.63) is 30.1 Å². The van der Waals surface area contributed by atoms with Crippen LogP contribution in [-0.2, 0) is 11.3 Å². The number of alkyl halides is 3. The number of hydrogen-bond donors (Lipinski definition) is 3. The standard InChI is InChI=1S/C11H12F3N3O3/c1-10(8(18)19,11(12,13)14)17-9(20)16-6-7-3-2-4-15-5-7/h2-5H,6H2,1H3,(H,18,19)(H2,16,17,20). The Morgan fingerprint density at radius 3 is 2.50 bits per heavy atom. The van der Waals surface area contributed by atoms with E-state index in [1.165, 1.54) is 17.7 Å². The molecule has 6 nitrogen and oxygen atoms in total. The molecule has 1 aromatic heterocycles. The van der Waals surface area contributed by atoms with E-state index < -0.39 is 23.7 Å². The summed E-state index contributed by atoms with van der Waals surface area (Å²) in [5, 5.41) is 12.2. The molecule has 0 fully saturated rings. The summed E-state index contributed by atoms with van der Waals surface area (Å²) < 4.78 is 37.9. The summed E-state index contributed by atoms with van der Waals surface area (Å²) in [6.45, 7) is 0.298. The van der Waals surface area contributed by atoms with Gasteiger partial charge in [-0.2, -0.15) is 13.2 Å². The van der Waals surface area contributed by atoms with Crippen LogP contribution in [0.3, 0.4) is 0 Å². The van der Waals surface area contributed by atoms with Crippen molar-refractivity contribution in [2.45, 2.75) is 25.2 Å². The Morgan fingerprint density at radius 1 is 1.40 bits per heavy atom. The minimum Gasteiger partial charge on any atom is -0.479 e. The monoisotopic (exact) mass is 291 g/mol. The van der Waals surface area contributed by atoms with E-state index in [-0.39, 0.29) is 6.54 Å². The van der Waals surface area contributed by atoms with Crippen LogP contribution in [0.25, 0.3) is 0 Å². The van der Waals surface area contributed by atoms with Crippen molar-refractivity contribution >= 4 is 12.0 Å². The first-order chi connectivity index (χ1) is 9.17. The number of halogens is 3. The number of aromatic nitrogens is 1. The molecule has 0 aliphatic rings. The van der Waals surface area contributed by atoms with E-state index in [4.69, 9.17) is 5.11 Å². The smallest absolute Gasteiger partial charge is 0.422 e. The highest BCUT2D eigenvalue weighted by Gasteiger charge is 2.58. The Hall–Kier alpha value is -2.32. The van der Waals surface area contributed by atoms with Crippen LogP contribution < -0.4 is 10.6 Å². The van der Waals surface area contributed by atoms with Gasteiger partial charge in [0.1, 0.15) is 0 Å². The largest absolute Gasteiger partial charge is 0.479 e. The maximum Gasteiger partial charge on any atom is 0.422 e. The predicted octanol–water partition coefficient (Wildman–Crippen LogP) is 1.29. The van der Waals surface area contributed by atoms with Gasteiger partial charge >= 0.3 is 18.2 Å². The molecule has 0 radical (unpaired) electrons. The Labute approximate surface area is 112 Å². The highest BCUT2D eigenvalue weighted by Crippen LogP contribution is 2.30. The quantitative estimate of drug-likeness (QED) is 0.779. The van der Waals surface area contributed by atoms with Gasteiger partial charge in [-0.15, -0.1) is 0 Å². The zero-order chi connectivity index (χ0) is 15.4. The number of rotatable bonds is 4. The number of carbonyl (C=O) groups excluding carboxylic acids is 1. The van der Waals surface area contributed by atoms with E-state index in [9.17, 15) is 22.8 Å².